The van der Waals surface area contributed by atoms with Crippen LogP contribution >= 0.6 is 0 Å². The van der Waals surface area contributed by atoms with Crippen molar-refractivity contribution in [3.63, 3.8) is 0 Å². The van der Waals surface area contributed by atoms with Gasteiger partial charge in [-0.15, -0.1) is 0 Å². The van der Waals surface area contributed by atoms with Crippen LogP contribution in [0.3, 0.4) is 0 Å². The van der Waals surface area contributed by atoms with Crippen molar-refractivity contribution in [1.82, 2.24) is 0 Å². The van der Waals surface area contributed by atoms with E-state index in [1.54, 1.807) is 0 Å². The Morgan fingerprint density at radius 2 is 2.06 bits per heavy atom. The van der Waals surface area contributed by atoms with E-state index in [0.717, 1.165) is 11.1 Å². The SMILES string of the molecule is COCC(F)(CCCN)Cc1ccccc1C. The van der Waals surface area contributed by atoms with E-state index in [1.807, 2.05) is 31.2 Å². The molecular formula is C14H22FNO. The molecular weight excluding hydrogens is 217 g/mol. The Morgan fingerprint density at radius 3 is 2.65 bits per heavy atom. The molecule has 0 saturated heterocycles. The van der Waals surface area contributed by atoms with Gasteiger partial charge in [-0.25, -0.2) is 4.39 Å². The third-order valence-corrected chi connectivity index (χ3v) is 3.00. The van der Waals surface area contributed by atoms with Gasteiger partial charge in [-0.3, -0.25) is 0 Å². The standard InChI is InChI=1S/C14H22FNO/c1-12-6-3-4-7-13(12)10-14(15,11-17-2)8-5-9-16/h3-4,6-7H,5,8-11,16H2,1-2H3. The van der Waals surface area contributed by atoms with Crippen LogP contribution in [0.4, 0.5) is 4.39 Å². The second kappa shape index (κ2) is 6.72. The summed E-state index contributed by atoms with van der Waals surface area (Å²) in [6.07, 6.45) is 1.53. The molecule has 0 bridgehead atoms. The Hall–Kier alpha value is -0.930. The average molecular weight is 239 g/mol. The van der Waals surface area contributed by atoms with E-state index in [-0.39, 0.29) is 6.61 Å². The highest BCUT2D eigenvalue weighted by Gasteiger charge is 2.29. The van der Waals surface area contributed by atoms with E-state index in [2.05, 4.69) is 0 Å². The quantitative estimate of drug-likeness (QED) is 0.794. The molecule has 1 rings (SSSR count). The molecule has 1 unspecified atom stereocenters. The highest BCUT2D eigenvalue weighted by atomic mass is 19.1. The minimum absolute atomic E-state index is 0.126. The number of hydrogen-bond donors (Lipinski definition) is 1. The minimum Gasteiger partial charge on any atom is -0.381 e. The molecule has 2 nitrogen and oxygen atoms in total. The molecule has 0 aliphatic heterocycles. The Labute approximate surface area is 103 Å². The maximum absolute atomic E-state index is 14.7. The van der Waals surface area contributed by atoms with Crippen molar-refractivity contribution in [2.24, 2.45) is 5.73 Å². The van der Waals surface area contributed by atoms with Gasteiger partial charge in [0, 0.05) is 13.5 Å². The molecule has 0 radical (unpaired) electrons. The molecule has 0 spiro atoms. The van der Waals surface area contributed by atoms with E-state index < -0.39 is 5.67 Å². The van der Waals surface area contributed by atoms with Gasteiger partial charge in [-0.2, -0.15) is 0 Å². The summed E-state index contributed by atoms with van der Waals surface area (Å²) in [6.45, 7) is 2.65. The molecule has 0 fully saturated rings. The molecule has 17 heavy (non-hydrogen) atoms. The summed E-state index contributed by atoms with van der Waals surface area (Å²) in [5, 5.41) is 0. The fraction of sp³-hybridized carbons (Fsp3) is 0.571. The first-order chi connectivity index (χ1) is 8.11. The first kappa shape index (κ1) is 14.1. The van der Waals surface area contributed by atoms with Crippen molar-refractivity contribution in [3.8, 4) is 0 Å². The summed E-state index contributed by atoms with van der Waals surface area (Å²) in [4.78, 5) is 0. The summed E-state index contributed by atoms with van der Waals surface area (Å²) < 4.78 is 19.7. The van der Waals surface area contributed by atoms with Gasteiger partial charge < -0.3 is 10.5 Å². The summed E-state index contributed by atoms with van der Waals surface area (Å²) in [5.74, 6) is 0. The van der Waals surface area contributed by atoms with Gasteiger partial charge in [-0.05, 0) is 37.4 Å². The summed E-state index contributed by atoms with van der Waals surface area (Å²) >= 11 is 0. The normalized spacial score (nSPS) is 14.6. The molecule has 0 amide bonds. The van der Waals surface area contributed by atoms with Crippen LogP contribution in [0.5, 0.6) is 0 Å². The van der Waals surface area contributed by atoms with Crippen LogP contribution in [-0.4, -0.2) is 25.9 Å². The highest BCUT2D eigenvalue weighted by Crippen LogP contribution is 2.25. The molecule has 0 aromatic heterocycles. The molecule has 2 N–H and O–H groups in total. The van der Waals surface area contributed by atoms with E-state index in [1.165, 1.54) is 7.11 Å². The number of aryl methyl sites for hydroxylation is 1. The number of alkyl halides is 1. The second-order valence-corrected chi connectivity index (χ2v) is 4.58. The summed E-state index contributed by atoms with van der Waals surface area (Å²) in [5.41, 5.74) is 6.31. The number of methoxy groups -OCH3 is 1. The Kier molecular flexibility index (Phi) is 5.59. The molecule has 0 aliphatic carbocycles. The third-order valence-electron chi connectivity index (χ3n) is 3.00. The van der Waals surface area contributed by atoms with Gasteiger partial charge >= 0.3 is 0 Å². The first-order valence-corrected chi connectivity index (χ1v) is 6.04. The van der Waals surface area contributed by atoms with E-state index >= 15 is 0 Å². The lowest BCUT2D eigenvalue weighted by molar-refractivity contribution is 0.0333. The zero-order valence-electron chi connectivity index (χ0n) is 10.7. The fourth-order valence-electron chi connectivity index (χ4n) is 2.04. The fourth-order valence-corrected chi connectivity index (χ4v) is 2.04. The number of halogens is 1. The van der Waals surface area contributed by atoms with Gasteiger partial charge in [0.2, 0.25) is 0 Å². The predicted octanol–water partition coefficient (Wildman–Crippen LogP) is 2.63. The van der Waals surface area contributed by atoms with Crippen LogP contribution in [0.15, 0.2) is 24.3 Å². The molecule has 96 valence electrons. The smallest absolute Gasteiger partial charge is 0.138 e. The monoisotopic (exact) mass is 239 g/mol. The summed E-state index contributed by atoms with van der Waals surface area (Å²) in [7, 11) is 1.54. The number of rotatable bonds is 7. The topological polar surface area (TPSA) is 35.2 Å². The Balaban J connectivity index is 2.75. The Morgan fingerprint density at radius 1 is 1.35 bits per heavy atom. The van der Waals surface area contributed by atoms with Crippen molar-refractivity contribution in [1.29, 1.82) is 0 Å². The van der Waals surface area contributed by atoms with Crippen molar-refractivity contribution in [2.75, 3.05) is 20.3 Å². The second-order valence-electron chi connectivity index (χ2n) is 4.58. The minimum atomic E-state index is -1.31. The lowest BCUT2D eigenvalue weighted by atomic mass is 9.90. The molecule has 0 saturated carbocycles. The zero-order valence-corrected chi connectivity index (χ0v) is 10.7. The number of benzene rings is 1. The van der Waals surface area contributed by atoms with E-state index in [0.29, 0.717) is 25.8 Å². The third kappa shape index (κ3) is 4.44. The average Bonchev–Trinajstić information content (AvgIpc) is 2.30. The van der Waals surface area contributed by atoms with Crippen LogP contribution < -0.4 is 5.73 Å². The zero-order chi connectivity index (χ0) is 12.7. The number of nitrogens with two attached hydrogens (primary N) is 1. The van der Waals surface area contributed by atoms with Crippen LogP contribution in [0.25, 0.3) is 0 Å². The lowest BCUT2D eigenvalue weighted by Crippen LogP contribution is -2.32. The van der Waals surface area contributed by atoms with Gasteiger partial charge in [0.05, 0.1) is 6.61 Å². The molecule has 1 aromatic rings. The first-order valence-electron chi connectivity index (χ1n) is 6.04. The van der Waals surface area contributed by atoms with E-state index in [9.17, 15) is 4.39 Å². The molecule has 1 aromatic carbocycles. The van der Waals surface area contributed by atoms with Gasteiger partial charge in [0.1, 0.15) is 5.67 Å². The maximum Gasteiger partial charge on any atom is 0.138 e. The largest absolute Gasteiger partial charge is 0.381 e. The molecule has 1 atom stereocenters. The molecule has 0 aliphatic rings. The Bertz CT molecular complexity index is 343. The van der Waals surface area contributed by atoms with E-state index in [4.69, 9.17) is 10.5 Å². The molecule has 0 heterocycles. The van der Waals surface area contributed by atoms with Crippen molar-refractivity contribution in [3.05, 3.63) is 35.4 Å². The van der Waals surface area contributed by atoms with Crippen molar-refractivity contribution >= 4 is 0 Å². The molecule has 3 heteroatoms. The number of ether oxygens (including phenoxy) is 1. The van der Waals surface area contributed by atoms with Crippen LogP contribution in [0.2, 0.25) is 0 Å². The van der Waals surface area contributed by atoms with Crippen LogP contribution in [0, 0.1) is 6.92 Å². The summed E-state index contributed by atoms with van der Waals surface area (Å²) in [6, 6.07) is 7.89. The van der Waals surface area contributed by atoms with Crippen molar-refractivity contribution < 1.29 is 9.13 Å². The number of hydrogen-bond acceptors (Lipinski definition) is 2. The maximum atomic E-state index is 14.7. The van der Waals surface area contributed by atoms with Gasteiger partial charge in [-0.1, -0.05) is 24.3 Å². The predicted molar refractivity (Wildman–Crippen MR) is 68.9 cm³/mol. The highest BCUT2D eigenvalue weighted by molar-refractivity contribution is 5.27. The lowest BCUT2D eigenvalue weighted by Gasteiger charge is -2.25. The van der Waals surface area contributed by atoms with Gasteiger partial charge in [0.15, 0.2) is 0 Å². The van der Waals surface area contributed by atoms with Crippen LogP contribution in [0.1, 0.15) is 24.0 Å². The van der Waals surface area contributed by atoms with Crippen LogP contribution in [-0.2, 0) is 11.2 Å². The van der Waals surface area contributed by atoms with Crippen molar-refractivity contribution in [2.45, 2.75) is 31.9 Å². The van der Waals surface area contributed by atoms with Gasteiger partial charge in [0.25, 0.3) is 0 Å².